The molecule has 5 heteroatoms. The van der Waals surface area contributed by atoms with Gasteiger partial charge in [-0.2, -0.15) is 0 Å². The fourth-order valence-corrected chi connectivity index (χ4v) is 2.43. The normalized spacial score (nSPS) is 15.7. The Morgan fingerprint density at radius 3 is 2.95 bits per heavy atom. The van der Waals surface area contributed by atoms with Crippen LogP contribution >= 0.6 is 0 Å². The van der Waals surface area contributed by atoms with Gasteiger partial charge in [0.15, 0.2) is 5.78 Å². The van der Waals surface area contributed by atoms with E-state index in [1.54, 1.807) is 7.11 Å². The molecule has 1 aliphatic rings. The highest BCUT2D eigenvalue weighted by molar-refractivity contribution is 6.04. The third kappa shape index (κ3) is 3.36. The maximum Gasteiger partial charge on any atom is 0.239 e. The summed E-state index contributed by atoms with van der Waals surface area (Å²) in [6.07, 6.45) is 0.456. The average Bonchev–Trinajstić information content (AvgIpc) is 2.42. The number of carbonyl (C=O) groups excluding carboxylic acids is 2. The molecular weight excluding hydrogens is 256 g/mol. The van der Waals surface area contributed by atoms with Crippen LogP contribution in [0.2, 0.25) is 0 Å². The second-order valence-corrected chi connectivity index (χ2v) is 5.04. The Hall–Kier alpha value is -1.88. The lowest BCUT2D eigenvalue weighted by Crippen LogP contribution is -2.44. The molecule has 0 aliphatic carbocycles. The molecule has 0 saturated carbocycles. The predicted molar refractivity (Wildman–Crippen MR) is 77.1 cm³/mol. The van der Waals surface area contributed by atoms with Gasteiger partial charge in [0.25, 0.3) is 0 Å². The first-order valence-corrected chi connectivity index (χ1v) is 6.77. The number of benzene rings is 1. The molecule has 2 rings (SSSR count). The summed E-state index contributed by atoms with van der Waals surface area (Å²) < 4.78 is 4.99. The molecule has 108 valence electrons. The Morgan fingerprint density at radius 2 is 2.20 bits per heavy atom. The summed E-state index contributed by atoms with van der Waals surface area (Å²) in [6, 6.07) is 7.42. The number of methoxy groups -OCH3 is 1. The van der Waals surface area contributed by atoms with Gasteiger partial charge in [-0.3, -0.25) is 9.59 Å². The zero-order valence-electron chi connectivity index (χ0n) is 11.9. The molecule has 1 amide bonds. The first-order valence-electron chi connectivity index (χ1n) is 6.77. The summed E-state index contributed by atoms with van der Waals surface area (Å²) in [4.78, 5) is 25.8. The number of nitrogens with one attached hydrogen (secondary N) is 1. The molecule has 1 unspecified atom stereocenters. The predicted octanol–water partition coefficient (Wildman–Crippen LogP) is 1.23. The molecule has 0 radical (unpaired) electrons. The molecular formula is C15H20N2O3. The number of rotatable bonds is 5. The average molecular weight is 276 g/mol. The molecule has 0 aromatic heterocycles. The van der Waals surface area contributed by atoms with Gasteiger partial charge in [-0.15, -0.1) is 0 Å². The minimum Gasteiger partial charge on any atom is -0.383 e. The third-order valence-corrected chi connectivity index (χ3v) is 3.31. The van der Waals surface area contributed by atoms with Crippen molar-refractivity contribution in [3.8, 4) is 0 Å². The highest BCUT2D eigenvalue weighted by atomic mass is 16.5. The van der Waals surface area contributed by atoms with E-state index >= 15 is 0 Å². The van der Waals surface area contributed by atoms with Crippen LogP contribution in [0.25, 0.3) is 0 Å². The van der Waals surface area contributed by atoms with Gasteiger partial charge in [-0.1, -0.05) is 12.1 Å². The van der Waals surface area contributed by atoms with Crippen LogP contribution in [0.15, 0.2) is 24.3 Å². The number of para-hydroxylation sites is 1. The molecule has 0 saturated heterocycles. The van der Waals surface area contributed by atoms with E-state index in [2.05, 4.69) is 5.32 Å². The standard InChI is InChI=1S/C15H20N2O3/c1-11(10-20-2)16-15(19)9-17-8-7-14(18)12-5-3-4-6-13(12)17/h3-6,11H,7-10H2,1-2H3,(H,16,19). The zero-order chi connectivity index (χ0) is 14.5. The van der Waals surface area contributed by atoms with E-state index in [-0.39, 0.29) is 24.3 Å². The van der Waals surface area contributed by atoms with E-state index in [1.807, 2.05) is 36.1 Å². The van der Waals surface area contributed by atoms with Gasteiger partial charge >= 0.3 is 0 Å². The van der Waals surface area contributed by atoms with E-state index in [9.17, 15) is 9.59 Å². The molecule has 1 N–H and O–H groups in total. The van der Waals surface area contributed by atoms with Crippen molar-refractivity contribution in [1.82, 2.24) is 5.32 Å². The number of ether oxygens (including phenoxy) is 1. The highest BCUT2D eigenvalue weighted by Gasteiger charge is 2.24. The summed E-state index contributed by atoms with van der Waals surface area (Å²) in [5, 5.41) is 2.88. The Morgan fingerprint density at radius 1 is 1.45 bits per heavy atom. The van der Waals surface area contributed by atoms with Crippen molar-refractivity contribution in [1.29, 1.82) is 0 Å². The smallest absolute Gasteiger partial charge is 0.239 e. The molecule has 0 fully saturated rings. The lowest BCUT2D eigenvalue weighted by molar-refractivity contribution is -0.120. The molecule has 0 spiro atoms. The number of amides is 1. The third-order valence-electron chi connectivity index (χ3n) is 3.31. The Bertz CT molecular complexity index is 502. The van der Waals surface area contributed by atoms with E-state index < -0.39 is 0 Å². The minimum atomic E-state index is -0.0568. The number of carbonyl (C=O) groups is 2. The minimum absolute atomic E-state index is 0.0193. The van der Waals surface area contributed by atoms with Gasteiger partial charge < -0.3 is 15.0 Å². The molecule has 1 aromatic carbocycles. The second-order valence-electron chi connectivity index (χ2n) is 5.04. The Labute approximate surface area is 118 Å². The van der Waals surface area contributed by atoms with Gasteiger partial charge in [0, 0.05) is 37.4 Å². The van der Waals surface area contributed by atoms with Gasteiger partial charge in [-0.25, -0.2) is 0 Å². The van der Waals surface area contributed by atoms with E-state index in [0.717, 1.165) is 5.69 Å². The number of ketones is 1. The number of hydrogen-bond donors (Lipinski definition) is 1. The fourth-order valence-electron chi connectivity index (χ4n) is 2.43. The van der Waals surface area contributed by atoms with Gasteiger partial charge in [-0.05, 0) is 19.1 Å². The molecule has 1 aromatic rings. The van der Waals surface area contributed by atoms with E-state index in [0.29, 0.717) is 25.1 Å². The van der Waals surface area contributed by atoms with Crippen LogP contribution in [0.1, 0.15) is 23.7 Å². The number of nitrogens with zero attached hydrogens (tertiary/aromatic N) is 1. The monoisotopic (exact) mass is 276 g/mol. The quantitative estimate of drug-likeness (QED) is 0.879. The SMILES string of the molecule is COCC(C)NC(=O)CN1CCC(=O)c2ccccc21. The van der Waals surface area contributed by atoms with Crippen LogP contribution in [0, 0.1) is 0 Å². The van der Waals surface area contributed by atoms with Crippen LogP contribution < -0.4 is 10.2 Å². The number of anilines is 1. The van der Waals surface area contributed by atoms with Crippen LogP contribution in [0.3, 0.4) is 0 Å². The van der Waals surface area contributed by atoms with Crippen molar-refractivity contribution in [3.63, 3.8) is 0 Å². The Balaban J connectivity index is 2.02. The Kier molecular flexibility index (Phi) is 4.74. The molecule has 1 atom stereocenters. The maximum atomic E-state index is 12.0. The molecule has 5 nitrogen and oxygen atoms in total. The van der Waals surface area contributed by atoms with Gasteiger partial charge in [0.2, 0.25) is 5.91 Å². The highest BCUT2D eigenvalue weighted by Crippen LogP contribution is 2.26. The summed E-state index contributed by atoms with van der Waals surface area (Å²) in [5.41, 5.74) is 1.55. The van der Waals surface area contributed by atoms with Crippen LogP contribution in [0.4, 0.5) is 5.69 Å². The number of hydrogen-bond acceptors (Lipinski definition) is 4. The largest absolute Gasteiger partial charge is 0.383 e. The number of fused-ring (bicyclic) bond motifs is 1. The summed E-state index contributed by atoms with van der Waals surface area (Å²) in [7, 11) is 1.61. The molecule has 1 aliphatic heterocycles. The zero-order valence-corrected chi connectivity index (χ0v) is 11.9. The van der Waals surface area contributed by atoms with Gasteiger partial charge in [0.05, 0.1) is 13.2 Å². The summed E-state index contributed by atoms with van der Waals surface area (Å²) >= 11 is 0. The number of Topliss-reactive ketones (excluding diaryl/α,β-unsaturated/α-hetero) is 1. The van der Waals surface area contributed by atoms with Crippen molar-refractivity contribution in [2.24, 2.45) is 0 Å². The van der Waals surface area contributed by atoms with Crippen LogP contribution in [-0.4, -0.2) is 44.5 Å². The fraction of sp³-hybridized carbons (Fsp3) is 0.467. The van der Waals surface area contributed by atoms with Crippen LogP contribution in [-0.2, 0) is 9.53 Å². The van der Waals surface area contributed by atoms with Crippen molar-refractivity contribution in [3.05, 3.63) is 29.8 Å². The first kappa shape index (κ1) is 14.5. The van der Waals surface area contributed by atoms with Crippen molar-refractivity contribution >= 4 is 17.4 Å². The summed E-state index contributed by atoms with van der Waals surface area (Å²) in [5.74, 6) is 0.0868. The topological polar surface area (TPSA) is 58.6 Å². The summed E-state index contributed by atoms with van der Waals surface area (Å²) in [6.45, 7) is 3.23. The van der Waals surface area contributed by atoms with E-state index in [4.69, 9.17) is 4.74 Å². The molecule has 1 heterocycles. The lowest BCUT2D eigenvalue weighted by Gasteiger charge is -2.30. The maximum absolute atomic E-state index is 12.0. The molecule has 0 bridgehead atoms. The van der Waals surface area contributed by atoms with E-state index in [1.165, 1.54) is 0 Å². The van der Waals surface area contributed by atoms with Crippen molar-refractivity contribution in [2.75, 3.05) is 31.7 Å². The lowest BCUT2D eigenvalue weighted by atomic mass is 10.0. The first-order chi connectivity index (χ1) is 9.61. The van der Waals surface area contributed by atoms with Gasteiger partial charge in [0.1, 0.15) is 0 Å². The van der Waals surface area contributed by atoms with Crippen LogP contribution in [0.5, 0.6) is 0 Å². The second kappa shape index (κ2) is 6.52. The molecule has 20 heavy (non-hydrogen) atoms. The van der Waals surface area contributed by atoms with Crippen molar-refractivity contribution in [2.45, 2.75) is 19.4 Å². The van der Waals surface area contributed by atoms with Crippen molar-refractivity contribution < 1.29 is 14.3 Å².